The average Bonchev–Trinajstić information content (AvgIpc) is 3.04. The number of nitrogens with zero attached hydrogens (tertiary/aromatic N) is 2. The Balaban J connectivity index is 1.72. The molecule has 1 aliphatic rings. The molecule has 0 aliphatic carbocycles. The van der Waals surface area contributed by atoms with Crippen molar-refractivity contribution in [2.45, 2.75) is 37.8 Å². The van der Waals surface area contributed by atoms with Crippen molar-refractivity contribution in [3.05, 3.63) is 46.2 Å². The lowest BCUT2D eigenvalue weighted by molar-refractivity contribution is -0.128. The van der Waals surface area contributed by atoms with Crippen LogP contribution in [0.15, 0.2) is 29.2 Å². The summed E-state index contributed by atoms with van der Waals surface area (Å²) in [5.74, 6) is -0.103. The molecule has 1 atom stereocenters. The monoisotopic (exact) mass is 382 g/mol. The van der Waals surface area contributed by atoms with Crippen molar-refractivity contribution in [3.8, 4) is 0 Å². The number of aryl methyl sites for hydroxylation is 2. The van der Waals surface area contributed by atoms with Crippen LogP contribution >= 0.6 is 11.6 Å². The number of hydrogen-bond acceptors (Lipinski definition) is 4. The van der Waals surface area contributed by atoms with Crippen LogP contribution in [0.2, 0.25) is 5.02 Å². The highest BCUT2D eigenvalue weighted by molar-refractivity contribution is 7.89. The van der Waals surface area contributed by atoms with Gasteiger partial charge in [0, 0.05) is 30.6 Å². The van der Waals surface area contributed by atoms with Gasteiger partial charge in [0.15, 0.2) is 0 Å². The molecule has 2 aromatic rings. The number of sulfonamides is 1. The van der Waals surface area contributed by atoms with Gasteiger partial charge in [0.2, 0.25) is 15.9 Å². The van der Waals surface area contributed by atoms with Crippen molar-refractivity contribution in [2.75, 3.05) is 6.54 Å². The summed E-state index contributed by atoms with van der Waals surface area (Å²) in [7, 11) is -3.74. The molecule has 9 heteroatoms. The van der Waals surface area contributed by atoms with E-state index in [0.717, 1.165) is 5.56 Å². The van der Waals surface area contributed by atoms with Gasteiger partial charge in [-0.15, -0.1) is 0 Å². The Kier molecular flexibility index (Phi) is 4.86. The molecule has 1 amide bonds. The van der Waals surface area contributed by atoms with E-state index in [1.807, 2.05) is 18.2 Å². The summed E-state index contributed by atoms with van der Waals surface area (Å²) >= 11 is 6.14. The normalized spacial score (nSPS) is 18.1. The summed E-state index contributed by atoms with van der Waals surface area (Å²) in [6.45, 7) is 3.94. The van der Waals surface area contributed by atoms with E-state index in [0.29, 0.717) is 29.5 Å². The van der Waals surface area contributed by atoms with Gasteiger partial charge in [-0.1, -0.05) is 29.8 Å². The number of carbonyl (C=O) groups excluding carboxylic acids is 1. The van der Waals surface area contributed by atoms with Gasteiger partial charge < -0.3 is 4.90 Å². The predicted molar refractivity (Wildman–Crippen MR) is 93.7 cm³/mol. The first-order valence-corrected chi connectivity index (χ1v) is 9.69. The summed E-state index contributed by atoms with van der Waals surface area (Å²) in [4.78, 5) is 14.0. The second-order valence-corrected chi connectivity index (χ2v) is 8.21. The van der Waals surface area contributed by atoms with Crippen LogP contribution < -0.4 is 4.72 Å². The first kappa shape index (κ1) is 17.9. The quantitative estimate of drug-likeness (QED) is 0.823. The molecule has 0 spiro atoms. The molecule has 3 rings (SSSR count). The number of halogens is 1. The molecule has 0 saturated carbocycles. The van der Waals surface area contributed by atoms with Crippen LogP contribution in [0, 0.1) is 13.8 Å². The molecule has 2 heterocycles. The predicted octanol–water partition coefficient (Wildman–Crippen LogP) is 1.76. The third-order valence-electron chi connectivity index (χ3n) is 4.18. The standard InChI is InChI=1S/C16H19ClN4O3S/c1-10-16(11(2)19-18-10)25(23,24)20-13-7-15(22)21(9-13)8-12-5-3-4-6-14(12)17/h3-6,13,20H,7-9H2,1-2H3,(H,18,19). The van der Waals surface area contributed by atoms with E-state index < -0.39 is 16.1 Å². The maximum absolute atomic E-state index is 12.6. The lowest BCUT2D eigenvalue weighted by Gasteiger charge is -2.18. The van der Waals surface area contributed by atoms with Crippen LogP contribution in [-0.2, 0) is 21.4 Å². The molecule has 2 N–H and O–H groups in total. The molecule has 25 heavy (non-hydrogen) atoms. The zero-order valence-electron chi connectivity index (χ0n) is 13.9. The number of benzene rings is 1. The van der Waals surface area contributed by atoms with Crippen molar-refractivity contribution in [3.63, 3.8) is 0 Å². The maximum Gasteiger partial charge on any atom is 0.244 e. The highest BCUT2D eigenvalue weighted by Crippen LogP contribution is 2.23. The number of nitrogens with one attached hydrogen (secondary N) is 2. The summed E-state index contributed by atoms with van der Waals surface area (Å²) in [5.41, 5.74) is 1.71. The van der Waals surface area contributed by atoms with Gasteiger partial charge in [0.25, 0.3) is 0 Å². The van der Waals surface area contributed by atoms with Gasteiger partial charge in [-0.25, -0.2) is 13.1 Å². The Morgan fingerprint density at radius 2 is 2.08 bits per heavy atom. The van der Waals surface area contributed by atoms with E-state index in [1.165, 1.54) is 0 Å². The van der Waals surface area contributed by atoms with Crippen LogP contribution in [0.4, 0.5) is 0 Å². The fourth-order valence-corrected chi connectivity index (χ4v) is 4.84. The Morgan fingerprint density at radius 3 is 2.72 bits per heavy atom. The number of aromatic amines is 1. The van der Waals surface area contributed by atoms with Gasteiger partial charge in [-0.05, 0) is 25.5 Å². The summed E-state index contributed by atoms with van der Waals surface area (Å²) in [6.07, 6.45) is 0.125. The minimum Gasteiger partial charge on any atom is -0.337 e. The summed E-state index contributed by atoms with van der Waals surface area (Å²) in [5, 5.41) is 7.17. The van der Waals surface area contributed by atoms with Gasteiger partial charge >= 0.3 is 0 Å². The molecular weight excluding hydrogens is 364 g/mol. The Bertz CT molecular complexity index is 890. The first-order valence-electron chi connectivity index (χ1n) is 7.83. The van der Waals surface area contributed by atoms with Crippen molar-refractivity contribution >= 4 is 27.5 Å². The van der Waals surface area contributed by atoms with Crippen molar-refractivity contribution in [1.29, 1.82) is 0 Å². The van der Waals surface area contributed by atoms with Crippen LogP contribution in [-0.4, -0.2) is 42.0 Å². The van der Waals surface area contributed by atoms with Crippen LogP contribution in [0.5, 0.6) is 0 Å². The Morgan fingerprint density at radius 1 is 1.36 bits per heavy atom. The van der Waals surface area contributed by atoms with E-state index >= 15 is 0 Å². The van der Waals surface area contributed by atoms with Crippen molar-refractivity contribution in [2.24, 2.45) is 0 Å². The van der Waals surface area contributed by atoms with E-state index in [1.54, 1.807) is 24.8 Å². The molecule has 1 unspecified atom stereocenters. The minimum absolute atomic E-state index is 0.103. The van der Waals surface area contributed by atoms with Crippen molar-refractivity contribution < 1.29 is 13.2 Å². The zero-order chi connectivity index (χ0) is 18.2. The topological polar surface area (TPSA) is 95.2 Å². The smallest absolute Gasteiger partial charge is 0.244 e. The van der Waals surface area contributed by atoms with Crippen LogP contribution in [0.3, 0.4) is 0 Å². The fraction of sp³-hybridized carbons (Fsp3) is 0.375. The molecular formula is C16H19ClN4O3S. The lowest BCUT2D eigenvalue weighted by Crippen LogP contribution is -2.37. The number of hydrogen-bond donors (Lipinski definition) is 2. The van der Waals surface area contributed by atoms with Crippen LogP contribution in [0.25, 0.3) is 0 Å². The number of amides is 1. The maximum atomic E-state index is 12.6. The van der Waals surface area contributed by atoms with Gasteiger partial charge in [0.1, 0.15) is 4.90 Å². The molecule has 0 bridgehead atoms. The number of carbonyl (C=O) groups is 1. The zero-order valence-corrected chi connectivity index (χ0v) is 15.5. The van der Waals surface area contributed by atoms with Crippen LogP contribution in [0.1, 0.15) is 23.4 Å². The Hall–Kier alpha value is -1.90. The number of aromatic nitrogens is 2. The number of H-pyrrole nitrogens is 1. The van der Waals surface area contributed by atoms with Gasteiger partial charge in [-0.2, -0.15) is 5.10 Å². The van der Waals surface area contributed by atoms with E-state index in [2.05, 4.69) is 14.9 Å². The minimum atomic E-state index is -3.74. The second-order valence-electron chi connectivity index (χ2n) is 6.15. The largest absolute Gasteiger partial charge is 0.337 e. The average molecular weight is 383 g/mol. The molecule has 1 saturated heterocycles. The molecule has 1 aromatic carbocycles. The molecule has 7 nitrogen and oxygen atoms in total. The SMILES string of the molecule is Cc1n[nH]c(C)c1S(=O)(=O)NC1CC(=O)N(Cc2ccccc2Cl)C1. The Labute approximate surface area is 151 Å². The van der Waals surface area contributed by atoms with Crippen molar-refractivity contribution in [1.82, 2.24) is 19.8 Å². The van der Waals surface area contributed by atoms with Gasteiger partial charge in [0.05, 0.1) is 11.4 Å². The van der Waals surface area contributed by atoms with E-state index in [9.17, 15) is 13.2 Å². The highest BCUT2D eigenvalue weighted by atomic mass is 35.5. The number of likely N-dealkylation sites (tertiary alicyclic amines) is 1. The first-order chi connectivity index (χ1) is 11.8. The van der Waals surface area contributed by atoms with E-state index in [4.69, 9.17) is 11.6 Å². The highest BCUT2D eigenvalue weighted by Gasteiger charge is 2.34. The molecule has 134 valence electrons. The molecule has 1 aromatic heterocycles. The van der Waals surface area contributed by atoms with E-state index in [-0.39, 0.29) is 17.2 Å². The third kappa shape index (κ3) is 3.70. The summed E-state index contributed by atoms with van der Waals surface area (Å²) < 4.78 is 27.8. The summed E-state index contributed by atoms with van der Waals surface area (Å²) in [6, 6.07) is 6.82. The number of rotatable bonds is 5. The molecule has 1 aliphatic heterocycles. The molecule has 0 radical (unpaired) electrons. The third-order valence-corrected chi connectivity index (χ3v) is 6.34. The second kappa shape index (κ2) is 6.78. The fourth-order valence-electron chi connectivity index (χ4n) is 3.05. The van der Waals surface area contributed by atoms with Gasteiger partial charge in [-0.3, -0.25) is 9.89 Å². The lowest BCUT2D eigenvalue weighted by atomic mass is 10.2. The molecule has 1 fully saturated rings.